The second kappa shape index (κ2) is 8.69. The normalized spacial score (nSPS) is 17.5. The molecule has 0 aliphatic carbocycles. The molecular weight excluding hydrogens is 424 g/mol. The number of halogens is 1. The maximum absolute atomic E-state index is 12.8. The van der Waals surface area contributed by atoms with Crippen molar-refractivity contribution in [2.24, 2.45) is 0 Å². The first-order chi connectivity index (χ1) is 13.3. The molecule has 1 aromatic heterocycles. The molecule has 1 unspecified atom stereocenters. The van der Waals surface area contributed by atoms with E-state index in [-0.39, 0.29) is 11.0 Å². The Kier molecular flexibility index (Phi) is 6.49. The van der Waals surface area contributed by atoms with Gasteiger partial charge in [-0.25, -0.2) is 13.2 Å². The molecule has 1 fully saturated rings. The van der Waals surface area contributed by atoms with E-state index < -0.39 is 16.1 Å². The number of hydrogen-bond donors (Lipinski definition) is 2. The Morgan fingerprint density at radius 3 is 2.96 bits per heavy atom. The minimum absolute atomic E-state index is 0.143. The van der Waals surface area contributed by atoms with E-state index in [1.807, 2.05) is 5.38 Å². The highest BCUT2D eigenvalue weighted by atomic mass is 35.5. The molecule has 7 nitrogen and oxygen atoms in total. The molecule has 0 saturated carbocycles. The van der Waals surface area contributed by atoms with Crippen molar-refractivity contribution < 1.29 is 23.1 Å². The third kappa shape index (κ3) is 4.78. The van der Waals surface area contributed by atoms with Crippen LogP contribution in [0, 0.1) is 6.92 Å². The molecule has 0 bridgehead atoms. The number of sulfonamides is 1. The first-order valence-electron chi connectivity index (χ1n) is 8.70. The minimum Gasteiger partial charge on any atom is -0.465 e. The molecule has 1 amide bonds. The number of carboxylic acid groups (broad SMARTS) is 1. The first kappa shape index (κ1) is 20.9. The van der Waals surface area contributed by atoms with Gasteiger partial charge in [0.15, 0.2) is 0 Å². The van der Waals surface area contributed by atoms with Gasteiger partial charge in [0, 0.05) is 16.9 Å². The highest BCUT2D eigenvalue weighted by Gasteiger charge is 2.24. The van der Waals surface area contributed by atoms with Crippen molar-refractivity contribution in [3.63, 3.8) is 0 Å². The number of nitrogens with one attached hydrogen (secondary N) is 1. The molecule has 152 valence electrons. The lowest BCUT2D eigenvalue weighted by molar-refractivity contribution is -0.0250. The Morgan fingerprint density at radius 2 is 2.21 bits per heavy atom. The van der Waals surface area contributed by atoms with Gasteiger partial charge in [-0.2, -0.15) is 0 Å². The molecular formula is C18H21ClN2O5S2. The summed E-state index contributed by atoms with van der Waals surface area (Å²) in [4.78, 5) is 12.6. The molecule has 1 aliphatic rings. The number of carbonyl (C=O) groups is 1. The van der Waals surface area contributed by atoms with Gasteiger partial charge in [0.2, 0.25) is 0 Å². The van der Waals surface area contributed by atoms with Crippen LogP contribution in [0.2, 0.25) is 5.02 Å². The Morgan fingerprint density at radius 1 is 1.43 bits per heavy atom. The van der Waals surface area contributed by atoms with Crippen LogP contribution < -0.4 is 4.72 Å². The number of ether oxygens (including phenoxy) is 1. The summed E-state index contributed by atoms with van der Waals surface area (Å²) in [6, 6.07) is 4.77. The lowest BCUT2D eigenvalue weighted by Gasteiger charge is -2.31. The van der Waals surface area contributed by atoms with Crippen molar-refractivity contribution in [1.29, 1.82) is 0 Å². The quantitative estimate of drug-likeness (QED) is 0.706. The maximum atomic E-state index is 12.8. The highest BCUT2D eigenvalue weighted by Crippen LogP contribution is 2.29. The molecule has 10 heteroatoms. The van der Waals surface area contributed by atoms with Crippen LogP contribution >= 0.6 is 22.9 Å². The second-order valence-electron chi connectivity index (χ2n) is 6.54. The molecule has 1 atom stereocenters. The van der Waals surface area contributed by atoms with E-state index in [0.29, 0.717) is 48.8 Å². The number of amides is 1. The highest BCUT2D eigenvalue weighted by molar-refractivity contribution is 7.92. The number of rotatable bonds is 6. The van der Waals surface area contributed by atoms with Crippen LogP contribution in [0.3, 0.4) is 0 Å². The summed E-state index contributed by atoms with van der Waals surface area (Å²) >= 11 is 7.46. The molecule has 1 aromatic carbocycles. The topological polar surface area (TPSA) is 95.9 Å². The third-order valence-electron chi connectivity index (χ3n) is 4.64. The number of aryl methyl sites for hydroxylation is 1. The predicted octanol–water partition coefficient (Wildman–Crippen LogP) is 3.82. The predicted molar refractivity (Wildman–Crippen MR) is 109 cm³/mol. The van der Waals surface area contributed by atoms with E-state index in [1.165, 1.54) is 22.3 Å². The number of thiophene rings is 1. The Hall–Kier alpha value is -1.81. The van der Waals surface area contributed by atoms with Crippen LogP contribution in [0.1, 0.15) is 17.5 Å². The fourth-order valence-corrected chi connectivity index (χ4v) is 5.56. The fourth-order valence-electron chi connectivity index (χ4n) is 3.07. The van der Waals surface area contributed by atoms with E-state index in [9.17, 15) is 13.2 Å². The van der Waals surface area contributed by atoms with Gasteiger partial charge < -0.3 is 14.7 Å². The number of hydrogen-bond acceptors (Lipinski definition) is 5. The van der Waals surface area contributed by atoms with Gasteiger partial charge in [-0.1, -0.05) is 17.7 Å². The van der Waals surface area contributed by atoms with Crippen LogP contribution in [0.15, 0.2) is 33.9 Å². The van der Waals surface area contributed by atoms with E-state index in [0.717, 1.165) is 5.56 Å². The van der Waals surface area contributed by atoms with Crippen molar-refractivity contribution in [3.05, 3.63) is 45.1 Å². The molecule has 2 aromatic rings. The monoisotopic (exact) mass is 444 g/mol. The van der Waals surface area contributed by atoms with Crippen LogP contribution in [-0.4, -0.2) is 50.3 Å². The molecule has 1 saturated heterocycles. The number of anilines is 1. The lowest BCUT2D eigenvalue weighted by Crippen LogP contribution is -2.45. The third-order valence-corrected chi connectivity index (χ3v) is 7.35. The SMILES string of the molecule is Cc1c(Cl)cccc1S(=O)(=O)Nc1cscc1CCC1CN(C(=O)O)CCO1. The molecule has 1 aliphatic heterocycles. The van der Waals surface area contributed by atoms with Crippen LogP contribution in [0.5, 0.6) is 0 Å². The van der Waals surface area contributed by atoms with Gasteiger partial charge >= 0.3 is 6.09 Å². The Balaban J connectivity index is 1.68. The van der Waals surface area contributed by atoms with Gasteiger partial charge in [-0.3, -0.25) is 4.72 Å². The number of nitrogens with zero attached hydrogens (tertiary/aromatic N) is 1. The largest absolute Gasteiger partial charge is 0.465 e. The molecule has 2 heterocycles. The summed E-state index contributed by atoms with van der Waals surface area (Å²) in [5.74, 6) is 0. The average Bonchev–Trinajstić information content (AvgIpc) is 3.08. The van der Waals surface area contributed by atoms with E-state index >= 15 is 0 Å². The lowest BCUT2D eigenvalue weighted by atomic mass is 10.1. The zero-order chi connectivity index (χ0) is 20.3. The van der Waals surface area contributed by atoms with Crippen molar-refractivity contribution in [2.45, 2.75) is 30.8 Å². The van der Waals surface area contributed by atoms with E-state index in [4.69, 9.17) is 21.4 Å². The average molecular weight is 445 g/mol. The second-order valence-corrected chi connectivity index (χ2v) is 9.34. The molecule has 0 spiro atoms. The van der Waals surface area contributed by atoms with Gasteiger partial charge in [0.05, 0.1) is 29.8 Å². The summed E-state index contributed by atoms with van der Waals surface area (Å²) in [5.41, 5.74) is 1.87. The standard InChI is InChI=1S/C18H21ClN2O5S2/c1-12-15(19)3-2-4-17(12)28(24,25)20-16-11-27-10-13(16)5-6-14-9-21(18(22)23)7-8-26-14/h2-4,10-11,14,20H,5-9H2,1H3,(H,22,23). The van der Waals surface area contributed by atoms with Crippen molar-refractivity contribution in [3.8, 4) is 0 Å². The summed E-state index contributed by atoms with van der Waals surface area (Å²) in [7, 11) is -3.77. The zero-order valence-corrected chi connectivity index (χ0v) is 17.6. The van der Waals surface area contributed by atoms with Crippen LogP contribution in [-0.2, 0) is 21.2 Å². The smallest absolute Gasteiger partial charge is 0.407 e. The zero-order valence-electron chi connectivity index (χ0n) is 15.2. The summed E-state index contributed by atoms with van der Waals surface area (Å²) in [6.45, 7) is 2.73. The summed E-state index contributed by atoms with van der Waals surface area (Å²) in [6.07, 6.45) is 0.0259. The fraction of sp³-hybridized carbons (Fsp3) is 0.389. The van der Waals surface area contributed by atoms with Gasteiger partial charge in [0.25, 0.3) is 10.0 Å². The Bertz CT molecular complexity index is 961. The summed E-state index contributed by atoms with van der Waals surface area (Å²) in [5, 5.41) is 13.1. The van der Waals surface area contributed by atoms with Gasteiger partial charge in [-0.05, 0) is 48.4 Å². The van der Waals surface area contributed by atoms with Crippen molar-refractivity contribution in [2.75, 3.05) is 24.4 Å². The number of benzene rings is 1. The van der Waals surface area contributed by atoms with E-state index in [1.54, 1.807) is 24.4 Å². The molecule has 2 N–H and O–H groups in total. The molecule has 28 heavy (non-hydrogen) atoms. The maximum Gasteiger partial charge on any atom is 0.407 e. The van der Waals surface area contributed by atoms with E-state index in [2.05, 4.69) is 4.72 Å². The van der Waals surface area contributed by atoms with Crippen LogP contribution in [0.4, 0.5) is 10.5 Å². The van der Waals surface area contributed by atoms with Gasteiger partial charge in [0.1, 0.15) is 0 Å². The summed E-state index contributed by atoms with van der Waals surface area (Å²) < 4.78 is 33.9. The first-order valence-corrected chi connectivity index (χ1v) is 11.5. The number of morpholine rings is 1. The van der Waals surface area contributed by atoms with Crippen LogP contribution in [0.25, 0.3) is 0 Å². The van der Waals surface area contributed by atoms with Gasteiger partial charge in [-0.15, -0.1) is 11.3 Å². The minimum atomic E-state index is -3.77. The van der Waals surface area contributed by atoms with Crippen molar-refractivity contribution >= 4 is 44.7 Å². The molecule has 3 rings (SSSR count). The molecule has 0 radical (unpaired) electrons. The van der Waals surface area contributed by atoms with Crippen molar-refractivity contribution in [1.82, 2.24) is 4.90 Å². The Labute approximate surface area is 172 Å².